The fraction of sp³-hybridized carbons (Fsp3) is 0.0476. The summed E-state index contributed by atoms with van der Waals surface area (Å²) in [6.45, 7) is 0. The molecule has 0 heterocycles. The quantitative estimate of drug-likeness (QED) is 0.271. The van der Waals surface area contributed by atoms with Gasteiger partial charge < -0.3 is 0 Å². The molecular formula is C21H14F2S2. The Kier molecular flexibility index (Phi) is 4.40. The lowest BCUT2D eigenvalue weighted by Crippen LogP contribution is -2.03. The summed E-state index contributed by atoms with van der Waals surface area (Å²) < 4.78 is 26.1. The van der Waals surface area contributed by atoms with Gasteiger partial charge in [-0.1, -0.05) is 60.7 Å². The minimum atomic E-state index is -2.94. The molecule has 0 aliphatic carbocycles. The Labute approximate surface area is 153 Å². The monoisotopic (exact) mass is 368 g/mol. The molecule has 0 bridgehead atoms. The molecule has 0 radical (unpaired) electrons. The predicted molar refractivity (Wildman–Crippen MR) is 105 cm³/mol. The highest BCUT2D eigenvalue weighted by molar-refractivity contribution is 8.17. The Balaban J connectivity index is 1.57. The molecule has 0 saturated carbocycles. The average Bonchev–Trinajstić information content (AvgIpc) is 2.61. The van der Waals surface area contributed by atoms with Gasteiger partial charge in [0.1, 0.15) is 0 Å². The number of thioether (sulfide) groups is 2. The van der Waals surface area contributed by atoms with Crippen molar-refractivity contribution in [1.29, 1.82) is 0 Å². The van der Waals surface area contributed by atoms with E-state index in [4.69, 9.17) is 0 Å². The number of hydrogen-bond acceptors (Lipinski definition) is 2. The molecule has 4 heteroatoms. The number of halogens is 2. The molecule has 0 fully saturated rings. The molecule has 4 aromatic carbocycles. The van der Waals surface area contributed by atoms with Crippen molar-refractivity contribution in [3.8, 4) is 0 Å². The number of rotatable bonds is 4. The zero-order valence-electron chi connectivity index (χ0n) is 13.2. The molecule has 0 unspecified atom stereocenters. The van der Waals surface area contributed by atoms with Gasteiger partial charge in [-0.3, -0.25) is 0 Å². The highest BCUT2D eigenvalue weighted by atomic mass is 32.2. The van der Waals surface area contributed by atoms with Crippen molar-refractivity contribution in [2.45, 2.75) is 14.4 Å². The summed E-state index contributed by atoms with van der Waals surface area (Å²) in [5.74, 6) is 0. The first kappa shape index (κ1) is 16.4. The third-order valence-electron chi connectivity index (χ3n) is 3.92. The first-order chi connectivity index (χ1) is 12.1. The molecule has 0 atom stereocenters. The number of benzene rings is 4. The Morgan fingerprint density at radius 3 is 1.36 bits per heavy atom. The van der Waals surface area contributed by atoms with Crippen LogP contribution in [0.15, 0.2) is 94.7 Å². The van der Waals surface area contributed by atoms with Crippen molar-refractivity contribution in [3.05, 3.63) is 84.9 Å². The second kappa shape index (κ2) is 6.70. The maximum absolute atomic E-state index is 14.5. The minimum absolute atomic E-state index is 0.567. The first-order valence-electron chi connectivity index (χ1n) is 7.83. The van der Waals surface area contributed by atoms with Crippen LogP contribution < -0.4 is 0 Å². The fourth-order valence-electron chi connectivity index (χ4n) is 2.76. The second-order valence-electron chi connectivity index (χ2n) is 5.69. The third-order valence-corrected chi connectivity index (χ3v) is 5.87. The third kappa shape index (κ3) is 3.80. The van der Waals surface area contributed by atoms with Gasteiger partial charge in [-0.25, -0.2) is 0 Å². The van der Waals surface area contributed by atoms with Crippen LogP contribution >= 0.6 is 23.5 Å². The minimum Gasteiger partial charge on any atom is -0.182 e. The molecule has 0 amide bonds. The van der Waals surface area contributed by atoms with E-state index in [0.29, 0.717) is 33.3 Å². The van der Waals surface area contributed by atoms with E-state index >= 15 is 0 Å². The number of alkyl halides is 2. The van der Waals surface area contributed by atoms with Crippen LogP contribution in [0.25, 0.3) is 21.5 Å². The van der Waals surface area contributed by atoms with E-state index in [9.17, 15) is 8.78 Å². The summed E-state index contributed by atoms with van der Waals surface area (Å²) in [6.07, 6.45) is 0. The molecule has 25 heavy (non-hydrogen) atoms. The van der Waals surface area contributed by atoms with Crippen molar-refractivity contribution in [2.75, 3.05) is 0 Å². The molecule has 0 saturated heterocycles. The topological polar surface area (TPSA) is 0 Å². The van der Waals surface area contributed by atoms with Crippen LogP contribution in [0, 0.1) is 0 Å². The zero-order valence-corrected chi connectivity index (χ0v) is 14.8. The van der Waals surface area contributed by atoms with Crippen LogP contribution in [-0.2, 0) is 0 Å². The van der Waals surface area contributed by atoms with Gasteiger partial charge in [0.25, 0.3) is 0 Å². The number of hydrogen-bond donors (Lipinski definition) is 0. The molecule has 4 aromatic rings. The lowest BCUT2D eigenvalue weighted by molar-refractivity contribution is 0.212. The summed E-state index contributed by atoms with van der Waals surface area (Å²) in [5.41, 5.74) is 0. The van der Waals surface area contributed by atoms with Crippen molar-refractivity contribution < 1.29 is 8.78 Å². The van der Waals surface area contributed by atoms with Gasteiger partial charge in [-0.2, -0.15) is 8.78 Å². The predicted octanol–water partition coefficient (Wildman–Crippen LogP) is 7.43. The van der Waals surface area contributed by atoms with Crippen LogP contribution in [0.1, 0.15) is 0 Å². The van der Waals surface area contributed by atoms with Crippen LogP contribution in [0.2, 0.25) is 0 Å². The summed E-state index contributed by atoms with van der Waals surface area (Å²) in [7, 11) is 0. The Morgan fingerprint density at radius 1 is 0.520 bits per heavy atom. The van der Waals surface area contributed by atoms with E-state index < -0.39 is 4.59 Å². The normalized spacial score (nSPS) is 11.9. The highest BCUT2D eigenvalue weighted by Gasteiger charge is 2.32. The smallest absolute Gasteiger partial charge is 0.182 e. The average molecular weight is 368 g/mol. The van der Waals surface area contributed by atoms with E-state index in [1.807, 2.05) is 72.8 Å². The van der Waals surface area contributed by atoms with Crippen molar-refractivity contribution in [2.24, 2.45) is 0 Å². The fourth-order valence-corrected chi connectivity index (χ4v) is 4.69. The lowest BCUT2D eigenvalue weighted by atomic mass is 10.1. The van der Waals surface area contributed by atoms with E-state index in [1.54, 1.807) is 12.1 Å². The van der Waals surface area contributed by atoms with Gasteiger partial charge in [0.05, 0.1) is 0 Å². The Bertz CT molecular complexity index is 961. The van der Waals surface area contributed by atoms with E-state index in [2.05, 4.69) is 0 Å². The summed E-state index contributed by atoms with van der Waals surface area (Å²) in [6, 6.07) is 26.5. The van der Waals surface area contributed by atoms with E-state index in [-0.39, 0.29) is 0 Å². The molecule has 0 aliphatic heterocycles. The number of fused-ring (bicyclic) bond motifs is 2. The van der Waals surface area contributed by atoms with Gasteiger partial charge >= 0.3 is 4.59 Å². The van der Waals surface area contributed by atoms with Crippen molar-refractivity contribution >= 4 is 45.1 Å². The maximum atomic E-state index is 14.5. The van der Waals surface area contributed by atoms with Crippen molar-refractivity contribution in [1.82, 2.24) is 0 Å². The molecule has 0 N–H and O–H groups in total. The molecule has 0 aromatic heterocycles. The summed E-state index contributed by atoms with van der Waals surface area (Å²) in [5, 5.41) is 4.05. The second-order valence-corrected chi connectivity index (χ2v) is 8.32. The van der Waals surface area contributed by atoms with Gasteiger partial charge in [0.2, 0.25) is 0 Å². The Hall–Kier alpha value is -2.04. The lowest BCUT2D eigenvalue weighted by Gasteiger charge is -2.15. The van der Waals surface area contributed by atoms with Crippen LogP contribution in [0.5, 0.6) is 0 Å². The van der Waals surface area contributed by atoms with Gasteiger partial charge in [-0.15, -0.1) is 0 Å². The highest BCUT2D eigenvalue weighted by Crippen LogP contribution is 2.48. The van der Waals surface area contributed by atoms with E-state index in [0.717, 1.165) is 21.5 Å². The zero-order chi connectivity index (χ0) is 17.3. The van der Waals surface area contributed by atoms with Crippen molar-refractivity contribution in [3.63, 3.8) is 0 Å². The summed E-state index contributed by atoms with van der Waals surface area (Å²) >= 11 is 1.18. The standard InChI is InChI=1S/C21H14F2S2/c22-21(23,24-19-11-9-15-5-1-3-7-17(15)13-19)25-20-12-10-16-6-2-4-8-18(16)14-20/h1-14H. The maximum Gasteiger partial charge on any atom is 0.350 e. The van der Waals surface area contributed by atoms with Gasteiger partial charge in [-0.05, 0) is 69.3 Å². The van der Waals surface area contributed by atoms with Crippen LogP contribution in [-0.4, -0.2) is 4.59 Å². The molecule has 0 aliphatic rings. The van der Waals surface area contributed by atoms with Crippen LogP contribution in [0.3, 0.4) is 0 Å². The first-order valence-corrected chi connectivity index (χ1v) is 9.46. The van der Waals surface area contributed by atoms with Gasteiger partial charge in [0, 0.05) is 9.79 Å². The molecule has 0 nitrogen and oxygen atoms in total. The SMILES string of the molecule is FC(F)(Sc1ccc2ccccc2c1)Sc1ccc2ccccc2c1. The van der Waals surface area contributed by atoms with E-state index in [1.165, 1.54) is 0 Å². The molecule has 4 rings (SSSR count). The van der Waals surface area contributed by atoms with Gasteiger partial charge in [0.15, 0.2) is 0 Å². The molecule has 0 spiro atoms. The summed E-state index contributed by atoms with van der Waals surface area (Å²) in [4.78, 5) is 1.13. The largest absolute Gasteiger partial charge is 0.350 e. The molecule has 124 valence electrons. The Morgan fingerprint density at radius 2 is 0.920 bits per heavy atom. The van der Waals surface area contributed by atoms with Crippen LogP contribution in [0.4, 0.5) is 8.78 Å². The molecular weight excluding hydrogens is 354 g/mol.